The van der Waals surface area contributed by atoms with Gasteiger partial charge in [-0.2, -0.15) is 0 Å². The van der Waals surface area contributed by atoms with Crippen LogP contribution in [0.3, 0.4) is 0 Å². The number of aromatic nitrogens is 2. The lowest BCUT2D eigenvalue weighted by Gasteiger charge is -2.18. The average Bonchev–Trinajstić information content (AvgIpc) is 2.76. The van der Waals surface area contributed by atoms with Crippen LogP contribution in [0, 0.1) is 23.0 Å². The zero-order valence-corrected chi connectivity index (χ0v) is 12.6. The highest BCUT2D eigenvalue weighted by Crippen LogP contribution is 2.11. The number of aliphatic hydroxyl groups is 1. The Labute approximate surface area is 123 Å². The molecule has 118 valence electrons. The first-order valence-electron chi connectivity index (χ1n) is 6.91. The summed E-state index contributed by atoms with van der Waals surface area (Å²) in [7, 11) is 0. The van der Waals surface area contributed by atoms with E-state index in [-0.39, 0.29) is 30.8 Å². The lowest BCUT2D eigenvalue weighted by Crippen LogP contribution is -2.38. The van der Waals surface area contributed by atoms with Crippen molar-refractivity contribution in [3.8, 4) is 0 Å². The minimum atomic E-state index is -0.562. The maximum atomic E-state index is 11.8. The van der Waals surface area contributed by atoms with E-state index in [1.807, 2.05) is 13.8 Å². The lowest BCUT2D eigenvalue weighted by molar-refractivity contribution is -0.389. The minimum Gasteiger partial charge on any atom is -0.394 e. The molecule has 1 unspecified atom stereocenters. The molecule has 1 heterocycles. The van der Waals surface area contributed by atoms with Gasteiger partial charge in [-0.3, -0.25) is 4.79 Å². The standard InChI is InChI=1S/C13H22N4O4/c1-9(2)6-11(8-18)15-13(19)4-5-16-7-12(17(20)21)14-10(16)3/h7,9,11,18H,4-6,8H2,1-3H3,(H,15,19). The Morgan fingerprint density at radius 3 is 2.71 bits per heavy atom. The number of amides is 1. The van der Waals surface area contributed by atoms with Crippen LogP contribution in [-0.4, -0.2) is 38.1 Å². The van der Waals surface area contributed by atoms with Crippen molar-refractivity contribution in [3.63, 3.8) is 0 Å². The molecule has 1 atom stereocenters. The molecule has 0 aliphatic heterocycles. The first-order valence-corrected chi connectivity index (χ1v) is 6.91. The van der Waals surface area contributed by atoms with E-state index in [9.17, 15) is 20.0 Å². The topological polar surface area (TPSA) is 110 Å². The summed E-state index contributed by atoms with van der Waals surface area (Å²) in [5.74, 6) is 0.461. The first kappa shape index (κ1) is 17.1. The fourth-order valence-corrected chi connectivity index (χ4v) is 2.08. The second-order valence-corrected chi connectivity index (χ2v) is 5.42. The highest BCUT2D eigenvalue weighted by Gasteiger charge is 2.17. The molecule has 0 radical (unpaired) electrons. The van der Waals surface area contributed by atoms with Crippen molar-refractivity contribution in [1.82, 2.24) is 14.9 Å². The second-order valence-electron chi connectivity index (χ2n) is 5.42. The number of nitrogens with one attached hydrogen (secondary N) is 1. The first-order chi connectivity index (χ1) is 9.83. The van der Waals surface area contributed by atoms with Crippen LogP contribution in [0.2, 0.25) is 0 Å². The van der Waals surface area contributed by atoms with E-state index in [0.717, 1.165) is 0 Å². The Bertz CT molecular complexity index is 498. The summed E-state index contributed by atoms with van der Waals surface area (Å²) in [6, 6.07) is -0.254. The maximum Gasteiger partial charge on any atom is 0.381 e. The van der Waals surface area contributed by atoms with Crippen molar-refractivity contribution in [1.29, 1.82) is 0 Å². The van der Waals surface area contributed by atoms with E-state index in [1.165, 1.54) is 6.20 Å². The molecule has 0 saturated heterocycles. The van der Waals surface area contributed by atoms with Crippen molar-refractivity contribution in [3.05, 3.63) is 22.1 Å². The van der Waals surface area contributed by atoms with Gasteiger partial charge in [0.15, 0.2) is 0 Å². The average molecular weight is 298 g/mol. The number of nitro groups is 1. The van der Waals surface area contributed by atoms with E-state index in [0.29, 0.717) is 24.7 Å². The van der Waals surface area contributed by atoms with Gasteiger partial charge in [-0.25, -0.2) is 0 Å². The van der Waals surface area contributed by atoms with Crippen LogP contribution in [0.4, 0.5) is 5.82 Å². The Kier molecular flexibility index (Phi) is 6.29. The second kappa shape index (κ2) is 7.72. The third-order valence-corrected chi connectivity index (χ3v) is 3.07. The Morgan fingerprint density at radius 1 is 1.57 bits per heavy atom. The van der Waals surface area contributed by atoms with Gasteiger partial charge in [0.1, 0.15) is 6.20 Å². The van der Waals surface area contributed by atoms with Gasteiger partial charge in [-0.1, -0.05) is 13.8 Å². The summed E-state index contributed by atoms with van der Waals surface area (Å²) >= 11 is 0. The molecule has 0 aliphatic rings. The highest BCUT2D eigenvalue weighted by molar-refractivity contribution is 5.76. The molecular weight excluding hydrogens is 276 g/mol. The third kappa shape index (κ3) is 5.50. The molecule has 2 N–H and O–H groups in total. The fourth-order valence-electron chi connectivity index (χ4n) is 2.08. The van der Waals surface area contributed by atoms with Crippen LogP contribution in [0.5, 0.6) is 0 Å². The number of imidazole rings is 1. The number of aryl methyl sites for hydroxylation is 2. The lowest BCUT2D eigenvalue weighted by atomic mass is 10.0. The molecule has 0 aromatic carbocycles. The van der Waals surface area contributed by atoms with Crippen LogP contribution in [0.25, 0.3) is 0 Å². The SMILES string of the molecule is Cc1nc([N+](=O)[O-])cn1CCC(=O)NC(CO)CC(C)C. The molecule has 8 nitrogen and oxygen atoms in total. The predicted molar refractivity (Wildman–Crippen MR) is 76.7 cm³/mol. The van der Waals surface area contributed by atoms with E-state index in [1.54, 1.807) is 11.5 Å². The Balaban J connectivity index is 2.51. The monoisotopic (exact) mass is 298 g/mol. The summed E-state index contributed by atoms with van der Waals surface area (Å²) < 4.78 is 1.58. The number of hydrogen-bond donors (Lipinski definition) is 2. The molecule has 1 aromatic heterocycles. The molecule has 0 saturated carbocycles. The van der Waals surface area contributed by atoms with Crippen molar-refractivity contribution in [2.24, 2.45) is 5.92 Å². The van der Waals surface area contributed by atoms with Crippen LogP contribution in [-0.2, 0) is 11.3 Å². The molecule has 0 spiro atoms. The van der Waals surface area contributed by atoms with Crippen LogP contribution >= 0.6 is 0 Å². The number of nitrogens with zero attached hydrogens (tertiary/aromatic N) is 3. The van der Waals surface area contributed by atoms with Gasteiger partial charge in [0.2, 0.25) is 11.7 Å². The Hall–Kier alpha value is -1.96. The largest absolute Gasteiger partial charge is 0.394 e. The summed E-state index contributed by atoms with van der Waals surface area (Å²) in [5, 5.41) is 22.6. The number of aliphatic hydroxyl groups excluding tert-OH is 1. The van der Waals surface area contributed by atoms with Crippen LogP contribution < -0.4 is 5.32 Å². The molecular formula is C13H22N4O4. The maximum absolute atomic E-state index is 11.8. The van der Waals surface area contributed by atoms with Gasteiger partial charge in [0.05, 0.1) is 12.6 Å². The van der Waals surface area contributed by atoms with Crippen LogP contribution in [0.1, 0.15) is 32.5 Å². The Morgan fingerprint density at radius 2 is 2.24 bits per heavy atom. The quantitative estimate of drug-likeness (QED) is 0.550. The van der Waals surface area contributed by atoms with Gasteiger partial charge in [-0.15, -0.1) is 0 Å². The molecule has 1 aromatic rings. The van der Waals surface area contributed by atoms with Crippen molar-refractivity contribution >= 4 is 11.7 Å². The number of carbonyl (C=O) groups excluding carboxylic acids is 1. The zero-order valence-electron chi connectivity index (χ0n) is 12.6. The van der Waals surface area contributed by atoms with Gasteiger partial charge < -0.3 is 25.1 Å². The van der Waals surface area contributed by atoms with Gasteiger partial charge in [-0.05, 0) is 22.2 Å². The molecule has 1 amide bonds. The number of carbonyl (C=O) groups is 1. The third-order valence-electron chi connectivity index (χ3n) is 3.07. The van der Waals surface area contributed by atoms with Crippen molar-refractivity contribution < 1.29 is 14.8 Å². The van der Waals surface area contributed by atoms with Gasteiger partial charge in [0.25, 0.3) is 0 Å². The zero-order chi connectivity index (χ0) is 16.0. The van der Waals surface area contributed by atoms with Gasteiger partial charge >= 0.3 is 5.82 Å². The molecule has 8 heteroatoms. The summed E-state index contributed by atoms with van der Waals surface area (Å²) in [4.78, 5) is 25.7. The summed E-state index contributed by atoms with van der Waals surface area (Å²) in [5.41, 5.74) is 0. The fraction of sp³-hybridized carbons (Fsp3) is 0.692. The van der Waals surface area contributed by atoms with E-state index < -0.39 is 4.92 Å². The van der Waals surface area contributed by atoms with E-state index in [2.05, 4.69) is 10.3 Å². The molecule has 0 fully saturated rings. The smallest absolute Gasteiger partial charge is 0.381 e. The normalized spacial score (nSPS) is 12.4. The van der Waals surface area contributed by atoms with E-state index in [4.69, 9.17) is 0 Å². The minimum absolute atomic E-state index is 0.0977. The van der Waals surface area contributed by atoms with Crippen molar-refractivity contribution in [2.45, 2.75) is 46.2 Å². The molecule has 0 aliphatic carbocycles. The summed E-state index contributed by atoms with van der Waals surface area (Å²) in [6.07, 6.45) is 2.21. The summed E-state index contributed by atoms with van der Waals surface area (Å²) in [6.45, 7) is 5.91. The van der Waals surface area contributed by atoms with Gasteiger partial charge in [0, 0.05) is 19.9 Å². The van der Waals surface area contributed by atoms with E-state index >= 15 is 0 Å². The molecule has 0 bridgehead atoms. The van der Waals surface area contributed by atoms with Crippen LogP contribution in [0.15, 0.2) is 6.20 Å². The molecule has 21 heavy (non-hydrogen) atoms. The predicted octanol–water partition coefficient (Wildman–Crippen LogP) is 1.01. The number of rotatable bonds is 8. The number of hydrogen-bond acceptors (Lipinski definition) is 5. The van der Waals surface area contributed by atoms with Crippen molar-refractivity contribution in [2.75, 3.05) is 6.61 Å². The molecule has 1 rings (SSSR count). The highest BCUT2D eigenvalue weighted by atomic mass is 16.6.